The Hall–Kier alpha value is -1.60. The van der Waals surface area contributed by atoms with Crippen molar-refractivity contribution in [1.29, 1.82) is 5.26 Å². The molecule has 16 heavy (non-hydrogen) atoms. The molecule has 1 aromatic heterocycles. The topological polar surface area (TPSA) is 74.7 Å². The summed E-state index contributed by atoms with van der Waals surface area (Å²) < 4.78 is 0. The van der Waals surface area contributed by atoms with Gasteiger partial charge in [0, 0.05) is 12.2 Å². The first kappa shape index (κ1) is 10.9. The third-order valence-electron chi connectivity index (χ3n) is 3.21. The molecule has 1 aliphatic carbocycles. The van der Waals surface area contributed by atoms with E-state index in [0.717, 1.165) is 6.42 Å². The van der Waals surface area contributed by atoms with Gasteiger partial charge in [-0.05, 0) is 37.4 Å². The fraction of sp³-hybridized carbons (Fsp3) is 0.500. The molecule has 1 aromatic rings. The lowest BCUT2D eigenvalue weighted by atomic mass is 10.0. The van der Waals surface area contributed by atoms with Crippen LogP contribution in [0, 0.1) is 17.2 Å². The average molecular weight is 216 g/mol. The summed E-state index contributed by atoms with van der Waals surface area (Å²) in [4.78, 5) is 4.21. The second-order valence-electron chi connectivity index (χ2n) is 4.19. The van der Waals surface area contributed by atoms with Gasteiger partial charge in [-0.2, -0.15) is 5.26 Å². The van der Waals surface area contributed by atoms with Gasteiger partial charge in [-0.15, -0.1) is 0 Å². The van der Waals surface area contributed by atoms with Crippen LogP contribution in [0.3, 0.4) is 0 Å². The van der Waals surface area contributed by atoms with Crippen LogP contribution in [0.25, 0.3) is 0 Å². The molecule has 0 radical (unpaired) electrons. The zero-order chi connectivity index (χ0) is 11.4. The number of nitriles is 1. The average Bonchev–Trinajstić information content (AvgIpc) is 2.77. The van der Waals surface area contributed by atoms with E-state index in [9.17, 15) is 0 Å². The lowest BCUT2D eigenvalue weighted by molar-refractivity contribution is 0.515. The molecule has 0 aliphatic heterocycles. The highest BCUT2D eigenvalue weighted by Gasteiger charge is 2.26. The molecular formula is C12H16N4. The number of hydrogen-bond donors (Lipinski definition) is 2. The van der Waals surface area contributed by atoms with Gasteiger partial charge in [-0.3, -0.25) is 0 Å². The minimum atomic E-state index is 0.368. The Balaban J connectivity index is 2.12. The minimum Gasteiger partial charge on any atom is -0.366 e. The van der Waals surface area contributed by atoms with Crippen molar-refractivity contribution in [3.63, 3.8) is 0 Å². The van der Waals surface area contributed by atoms with Gasteiger partial charge in [-0.25, -0.2) is 4.98 Å². The molecule has 0 saturated heterocycles. The molecule has 1 saturated carbocycles. The minimum absolute atomic E-state index is 0.368. The highest BCUT2D eigenvalue weighted by atomic mass is 15.0. The van der Waals surface area contributed by atoms with E-state index in [-0.39, 0.29) is 0 Å². The van der Waals surface area contributed by atoms with Gasteiger partial charge in [0.2, 0.25) is 0 Å². The van der Waals surface area contributed by atoms with Crippen molar-refractivity contribution in [2.24, 2.45) is 11.7 Å². The zero-order valence-electron chi connectivity index (χ0n) is 9.19. The SMILES string of the molecule is N#Cc1cccnc1NC1CCCC1CN. The molecule has 4 nitrogen and oxygen atoms in total. The van der Waals surface area contributed by atoms with E-state index >= 15 is 0 Å². The van der Waals surface area contributed by atoms with Crippen LogP contribution in [0.15, 0.2) is 18.3 Å². The molecule has 1 aliphatic rings. The van der Waals surface area contributed by atoms with E-state index in [1.54, 1.807) is 18.3 Å². The number of aromatic nitrogens is 1. The first-order chi connectivity index (χ1) is 7.85. The monoisotopic (exact) mass is 216 g/mol. The summed E-state index contributed by atoms with van der Waals surface area (Å²) in [6.07, 6.45) is 5.19. The Morgan fingerprint density at radius 1 is 1.56 bits per heavy atom. The summed E-state index contributed by atoms with van der Waals surface area (Å²) in [5.74, 6) is 1.20. The standard InChI is InChI=1S/C12H16N4/c13-7-9-3-1-5-11(9)16-12-10(8-14)4-2-6-15-12/h2,4,6,9,11H,1,3,5,7,13H2,(H,15,16). The van der Waals surface area contributed by atoms with Gasteiger partial charge >= 0.3 is 0 Å². The molecular weight excluding hydrogens is 200 g/mol. The maximum atomic E-state index is 8.96. The maximum Gasteiger partial charge on any atom is 0.144 e. The molecule has 1 fully saturated rings. The van der Waals surface area contributed by atoms with Gasteiger partial charge in [0.1, 0.15) is 11.9 Å². The van der Waals surface area contributed by atoms with Crippen molar-refractivity contribution < 1.29 is 0 Å². The van der Waals surface area contributed by atoms with Crippen LogP contribution >= 0.6 is 0 Å². The maximum absolute atomic E-state index is 8.96. The number of nitrogens with one attached hydrogen (secondary N) is 1. The van der Waals surface area contributed by atoms with Gasteiger partial charge < -0.3 is 11.1 Å². The third-order valence-corrected chi connectivity index (χ3v) is 3.21. The van der Waals surface area contributed by atoms with Crippen molar-refractivity contribution >= 4 is 5.82 Å². The number of nitrogens with two attached hydrogens (primary N) is 1. The number of rotatable bonds is 3. The molecule has 0 bridgehead atoms. The fourth-order valence-electron chi connectivity index (χ4n) is 2.30. The Labute approximate surface area is 95.5 Å². The second kappa shape index (κ2) is 4.95. The van der Waals surface area contributed by atoms with Crippen LogP contribution < -0.4 is 11.1 Å². The summed E-state index contributed by atoms with van der Waals surface area (Å²) in [5, 5.41) is 12.3. The molecule has 1 heterocycles. The van der Waals surface area contributed by atoms with E-state index in [0.29, 0.717) is 29.9 Å². The molecule has 2 rings (SSSR count). The van der Waals surface area contributed by atoms with Crippen molar-refractivity contribution in [1.82, 2.24) is 4.98 Å². The van der Waals surface area contributed by atoms with E-state index in [2.05, 4.69) is 16.4 Å². The summed E-state index contributed by atoms with van der Waals surface area (Å²) in [6.45, 7) is 0.701. The molecule has 0 aromatic carbocycles. The second-order valence-corrected chi connectivity index (χ2v) is 4.19. The predicted octanol–water partition coefficient (Wildman–Crippen LogP) is 1.49. The summed E-state index contributed by atoms with van der Waals surface area (Å²) in [5.41, 5.74) is 6.33. The predicted molar refractivity (Wildman–Crippen MR) is 62.8 cm³/mol. The van der Waals surface area contributed by atoms with Gasteiger partial charge in [0.05, 0.1) is 5.56 Å². The van der Waals surface area contributed by atoms with Crippen LogP contribution in [-0.2, 0) is 0 Å². The summed E-state index contributed by atoms with van der Waals surface area (Å²) in [7, 11) is 0. The first-order valence-corrected chi connectivity index (χ1v) is 5.67. The number of hydrogen-bond acceptors (Lipinski definition) is 4. The molecule has 4 heteroatoms. The van der Waals surface area contributed by atoms with Gasteiger partial charge in [-0.1, -0.05) is 6.42 Å². The first-order valence-electron chi connectivity index (χ1n) is 5.67. The van der Waals surface area contributed by atoms with Crippen molar-refractivity contribution in [2.45, 2.75) is 25.3 Å². The molecule has 0 amide bonds. The quantitative estimate of drug-likeness (QED) is 0.802. The third kappa shape index (κ3) is 2.15. The lowest BCUT2D eigenvalue weighted by Crippen LogP contribution is -2.30. The smallest absolute Gasteiger partial charge is 0.144 e. The number of pyridine rings is 1. The van der Waals surface area contributed by atoms with E-state index in [1.165, 1.54) is 12.8 Å². The zero-order valence-corrected chi connectivity index (χ0v) is 9.19. The lowest BCUT2D eigenvalue weighted by Gasteiger charge is -2.20. The Morgan fingerprint density at radius 3 is 3.19 bits per heavy atom. The van der Waals surface area contributed by atoms with Gasteiger partial charge in [0.25, 0.3) is 0 Å². The van der Waals surface area contributed by atoms with E-state index in [1.807, 2.05) is 0 Å². The highest BCUT2D eigenvalue weighted by molar-refractivity contribution is 5.51. The van der Waals surface area contributed by atoms with Crippen molar-refractivity contribution in [3.05, 3.63) is 23.9 Å². The Bertz CT molecular complexity index is 396. The van der Waals surface area contributed by atoms with Crippen LogP contribution in [0.1, 0.15) is 24.8 Å². The Kier molecular flexibility index (Phi) is 3.37. The van der Waals surface area contributed by atoms with Crippen LogP contribution in [0.4, 0.5) is 5.82 Å². The number of anilines is 1. The molecule has 0 spiro atoms. The molecule has 3 N–H and O–H groups in total. The molecule has 2 unspecified atom stereocenters. The van der Waals surface area contributed by atoms with E-state index in [4.69, 9.17) is 11.0 Å². The highest BCUT2D eigenvalue weighted by Crippen LogP contribution is 2.27. The fourth-order valence-corrected chi connectivity index (χ4v) is 2.30. The van der Waals surface area contributed by atoms with Crippen molar-refractivity contribution in [2.75, 3.05) is 11.9 Å². The summed E-state index contributed by atoms with van der Waals surface area (Å²) >= 11 is 0. The van der Waals surface area contributed by atoms with E-state index < -0.39 is 0 Å². The van der Waals surface area contributed by atoms with Crippen molar-refractivity contribution in [3.8, 4) is 6.07 Å². The van der Waals surface area contributed by atoms with Crippen LogP contribution in [-0.4, -0.2) is 17.6 Å². The van der Waals surface area contributed by atoms with Crippen LogP contribution in [0.5, 0.6) is 0 Å². The Morgan fingerprint density at radius 2 is 2.44 bits per heavy atom. The largest absolute Gasteiger partial charge is 0.366 e. The summed E-state index contributed by atoms with van der Waals surface area (Å²) in [6, 6.07) is 6.07. The normalized spacial score (nSPS) is 24.0. The molecule has 84 valence electrons. The van der Waals surface area contributed by atoms with Gasteiger partial charge in [0.15, 0.2) is 0 Å². The number of nitrogens with zero attached hydrogens (tertiary/aromatic N) is 2. The van der Waals surface area contributed by atoms with Crippen LogP contribution in [0.2, 0.25) is 0 Å². The molecule has 2 atom stereocenters.